The smallest absolute Gasteiger partial charge is 0.317 e. The molecule has 1 fully saturated rings. The van der Waals surface area contributed by atoms with E-state index in [1.54, 1.807) is 21.9 Å². The van der Waals surface area contributed by atoms with Gasteiger partial charge in [-0.15, -0.1) is 0 Å². The van der Waals surface area contributed by atoms with Crippen LogP contribution in [0.5, 0.6) is 0 Å². The molecule has 1 N–H and O–H groups in total. The zero-order valence-electron chi connectivity index (χ0n) is 14.7. The number of hydrogen-bond donors (Lipinski definition) is 1. The molecule has 0 radical (unpaired) electrons. The quantitative estimate of drug-likeness (QED) is 0.896. The molecule has 136 valence electrons. The molecule has 6 heteroatoms. The number of rotatable bonds is 5. The van der Waals surface area contributed by atoms with E-state index >= 15 is 0 Å². The van der Waals surface area contributed by atoms with Gasteiger partial charge >= 0.3 is 6.03 Å². The molecule has 1 aliphatic heterocycles. The number of nitrogens with one attached hydrogen (secondary N) is 1. The van der Waals surface area contributed by atoms with Crippen molar-refractivity contribution in [1.82, 2.24) is 10.2 Å². The van der Waals surface area contributed by atoms with Crippen molar-refractivity contribution in [1.29, 1.82) is 0 Å². The fourth-order valence-electron chi connectivity index (χ4n) is 3.07. The number of anilines is 1. The van der Waals surface area contributed by atoms with E-state index in [2.05, 4.69) is 5.32 Å². The summed E-state index contributed by atoms with van der Waals surface area (Å²) in [6, 6.07) is 15.1. The number of nitrogens with zero attached hydrogens (tertiary/aromatic N) is 2. The van der Waals surface area contributed by atoms with Crippen molar-refractivity contribution >= 4 is 17.6 Å². The third-order valence-electron chi connectivity index (χ3n) is 4.48. The Morgan fingerprint density at radius 3 is 2.54 bits per heavy atom. The maximum absolute atomic E-state index is 13.1. The van der Waals surface area contributed by atoms with Crippen molar-refractivity contribution in [2.45, 2.75) is 25.9 Å². The fourth-order valence-corrected chi connectivity index (χ4v) is 3.07. The molecule has 26 heavy (non-hydrogen) atoms. The molecule has 2 aromatic carbocycles. The van der Waals surface area contributed by atoms with Gasteiger partial charge in [0.2, 0.25) is 5.91 Å². The van der Waals surface area contributed by atoms with Crippen LogP contribution in [0.3, 0.4) is 0 Å². The van der Waals surface area contributed by atoms with E-state index in [0.29, 0.717) is 25.3 Å². The Morgan fingerprint density at radius 2 is 1.88 bits per heavy atom. The molecular weight excluding hydrogens is 333 g/mol. The maximum atomic E-state index is 13.1. The topological polar surface area (TPSA) is 52.7 Å². The van der Waals surface area contributed by atoms with Crippen LogP contribution in [-0.4, -0.2) is 36.0 Å². The maximum Gasteiger partial charge on any atom is 0.317 e. The number of carbonyl (C=O) groups excluding carboxylic acids is 2. The van der Waals surface area contributed by atoms with E-state index in [9.17, 15) is 14.0 Å². The lowest BCUT2D eigenvalue weighted by atomic mass is 10.2. The molecule has 0 bridgehead atoms. The van der Waals surface area contributed by atoms with Gasteiger partial charge in [0, 0.05) is 31.7 Å². The summed E-state index contributed by atoms with van der Waals surface area (Å²) >= 11 is 0. The first-order valence-electron chi connectivity index (χ1n) is 8.72. The Bertz CT molecular complexity index is 764. The first-order valence-corrected chi connectivity index (χ1v) is 8.72. The van der Waals surface area contributed by atoms with Crippen LogP contribution in [0.2, 0.25) is 0 Å². The van der Waals surface area contributed by atoms with Gasteiger partial charge in [-0.3, -0.25) is 4.79 Å². The highest BCUT2D eigenvalue weighted by Gasteiger charge is 2.32. The number of carbonyl (C=O) groups is 2. The Morgan fingerprint density at radius 1 is 1.19 bits per heavy atom. The molecular formula is C20H22FN3O2. The second-order valence-corrected chi connectivity index (χ2v) is 6.33. The molecule has 0 aromatic heterocycles. The van der Waals surface area contributed by atoms with Crippen LogP contribution in [0.1, 0.15) is 18.9 Å². The first-order chi connectivity index (χ1) is 12.6. The third kappa shape index (κ3) is 4.20. The Kier molecular flexibility index (Phi) is 5.51. The second-order valence-electron chi connectivity index (χ2n) is 6.33. The second kappa shape index (κ2) is 7.99. The van der Waals surface area contributed by atoms with Crippen LogP contribution < -0.4 is 10.2 Å². The molecule has 2 aromatic rings. The highest BCUT2D eigenvalue weighted by atomic mass is 19.1. The molecule has 1 aliphatic rings. The van der Waals surface area contributed by atoms with Crippen molar-refractivity contribution in [3.05, 3.63) is 66.0 Å². The highest BCUT2D eigenvalue weighted by Crippen LogP contribution is 2.22. The van der Waals surface area contributed by atoms with E-state index in [-0.39, 0.29) is 30.2 Å². The largest absolute Gasteiger partial charge is 0.333 e. The van der Waals surface area contributed by atoms with Gasteiger partial charge in [0.05, 0.1) is 6.04 Å². The first kappa shape index (κ1) is 17.9. The Balaban J connectivity index is 1.60. The summed E-state index contributed by atoms with van der Waals surface area (Å²) in [6.45, 7) is 3.40. The van der Waals surface area contributed by atoms with Crippen LogP contribution >= 0.6 is 0 Å². The molecule has 5 nitrogen and oxygen atoms in total. The van der Waals surface area contributed by atoms with Gasteiger partial charge < -0.3 is 15.1 Å². The van der Waals surface area contributed by atoms with Crippen LogP contribution in [0, 0.1) is 5.82 Å². The number of hydrogen-bond acceptors (Lipinski definition) is 2. The van der Waals surface area contributed by atoms with Crippen molar-refractivity contribution in [3.8, 4) is 0 Å². The van der Waals surface area contributed by atoms with Gasteiger partial charge in [0.15, 0.2) is 0 Å². The SMILES string of the molecule is CCN(Cc1ccccc1)C(=O)N[C@H]1CC(=O)N(c2ccc(F)cc2)C1. The summed E-state index contributed by atoms with van der Waals surface area (Å²) in [6.07, 6.45) is 0.242. The average molecular weight is 355 g/mol. The number of benzene rings is 2. The molecule has 1 heterocycles. The summed E-state index contributed by atoms with van der Waals surface area (Å²) in [7, 11) is 0. The van der Waals surface area contributed by atoms with Crippen molar-refractivity contribution in [2.24, 2.45) is 0 Å². The summed E-state index contributed by atoms with van der Waals surface area (Å²) < 4.78 is 13.1. The lowest BCUT2D eigenvalue weighted by Crippen LogP contribution is -2.45. The van der Waals surface area contributed by atoms with Crippen LogP contribution in [0.25, 0.3) is 0 Å². The number of urea groups is 1. The van der Waals surface area contributed by atoms with E-state index in [1.165, 1.54) is 12.1 Å². The van der Waals surface area contributed by atoms with Gasteiger partial charge in [0.1, 0.15) is 5.82 Å². The van der Waals surface area contributed by atoms with Crippen LogP contribution in [0.15, 0.2) is 54.6 Å². The third-order valence-corrected chi connectivity index (χ3v) is 4.48. The molecule has 1 atom stereocenters. The summed E-state index contributed by atoms with van der Waals surface area (Å²) in [5.41, 5.74) is 1.70. The Hall–Kier alpha value is -2.89. The van der Waals surface area contributed by atoms with E-state index in [4.69, 9.17) is 0 Å². The van der Waals surface area contributed by atoms with E-state index in [1.807, 2.05) is 37.3 Å². The van der Waals surface area contributed by atoms with Crippen molar-refractivity contribution in [3.63, 3.8) is 0 Å². The molecule has 3 amide bonds. The van der Waals surface area contributed by atoms with Crippen molar-refractivity contribution in [2.75, 3.05) is 18.0 Å². The normalized spacial score (nSPS) is 16.6. The summed E-state index contributed by atoms with van der Waals surface area (Å²) in [5.74, 6) is -0.419. The van der Waals surface area contributed by atoms with Gasteiger partial charge in [0.25, 0.3) is 0 Å². The molecule has 0 unspecified atom stereocenters. The average Bonchev–Trinajstić information content (AvgIpc) is 3.01. The van der Waals surface area contributed by atoms with Crippen LogP contribution in [-0.2, 0) is 11.3 Å². The van der Waals surface area contributed by atoms with Crippen LogP contribution in [0.4, 0.5) is 14.9 Å². The fraction of sp³-hybridized carbons (Fsp3) is 0.300. The standard InChI is InChI=1S/C20H22FN3O2/c1-2-23(13-15-6-4-3-5-7-15)20(26)22-17-12-19(25)24(14-17)18-10-8-16(21)9-11-18/h3-11,17H,2,12-14H2,1H3,(H,22,26)/t17-/m0/s1. The Labute approximate surface area is 152 Å². The predicted molar refractivity (Wildman–Crippen MR) is 98.2 cm³/mol. The zero-order valence-corrected chi connectivity index (χ0v) is 14.7. The van der Waals surface area contributed by atoms with Gasteiger partial charge in [-0.1, -0.05) is 30.3 Å². The molecule has 0 saturated carbocycles. The lowest BCUT2D eigenvalue weighted by Gasteiger charge is -2.24. The molecule has 0 aliphatic carbocycles. The molecule has 1 saturated heterocycles. The zero-order chi connectivity index (χ0) is 18.5. The van der Waals surface area contributed by atoms with Crippen molar-refractivity contribution < 1.29 is 14.0 Å². The highest BCUT2D eigenvalue weighted by molar-refractivity contribution is 5.96. The van der Waals surface area contributed by atoms with Gasteiger partial charge in [-0.25, -0.2) is 9.18 Å². The lowest BCUT2D eigenvalue weighted by molar-refractivity contribution is -0.117. The number of halogens is 1. The summed E-state index contributed by atoms with van der Waals surface area (Å²) in [5, 5.41) is 2.94. The minimum atomic E-state index is -0.343. The number of amides is 3. The van der Waals surface area contributed by atoms with E-state index < -0.39 is 0 Å². The molecule has 0 spiro atoms. The monoisotopic (exact) mass is 355 g/mol. The molecule has 3 rings (SSSR count). The van der Waals surface area contributed by atoms with E-state index in [0.717, 1.165) is 5.56 Å². The predicted octanol–water partition coefficient (Wildman–Crippen LogP) is 3.16. The minimum Gasteiger partial charge on any atom is -0.333 e. The van der Waals surface area contributed by atoms with Gasteiger partial charge in [-0.2, -0.15) is 0 Å². The minimum absolute atomic E-state index is 0.0759. The summed E-state index contributed by atoms with van der Waals surface area (Å²) in [4.78, 5) is 28.1. The van der Waals surface area contributed by atoms with Gasteiger partial charge in [-0.05, 0) is 36.8 Å².